The van der Waals surface area contributed by atoms with Crippen molar-refractivity contribution in [1.82, 2.24) is 5.32 Å². The summed E-state index contributed by atoms with van der Waals surface area (Å²) in [4.78, 5) is 0. The SMILES string of the molecule is CNCC/C=C\C1CCSC1. The molecular formula is C9H17NS. The van der Waals surface area contributed by atoms with Gasteiger partial charge in [-0.2, -0.15) is 11.8 Å². The molecule has 1 atom stereocenters. The molecule has 0 saturated carbocycles. The highest BCUT2D eigenvalue weighted by Gasteiger charge is 2.10. The Balaban J connectivity index is 2.03. The first kappa shape index (κ1) is 9.14. The summed E-state index contributed by atoms with van der Waals surface area (Å²) in [5, 5.41) is 3.14. The molecule has 1 N–H and O–H groups in total. The lowest BCUT2D eigenvalue weighted by atomic mass is 10.1. The highest BCUT2D eigenvalue weighted by molar-refractivity contribution is 7.99. The Morgan fingerprint density at radius 1 is 1.64 bits per heavy atom. The minimum atomic E-state index is 0.872. The standard InChI is InChI=1S/C9H17NS/c1-10-6-3-2-4-9-5-7-11-8-9/h2,4,9-10H,3,5-8H2,1H3/b4-2-. The molecule has 11 heavy (non-hydrogen) atoms. The summed E-state index contributed by atoms with van der Waals surface area (Å²) < 4.78 is 0. The number of hydrogen-bond acceptors (Lipinski definition) is 2. The molecule has 0 aromatic carbocycles. The maximum absolute atomic E-state index is 3.14. The zero-order valence-corrected chi connectivity index (χ0v) is 7.99. The highest BCUT2D eigenvalue weighted by atomic mass is 32.2. The van der Waals surface area contributed by atoms with E-state index < -0.39 is 0 Å². The fourth-order valence-electron chi connectivity index (χ4n) is 1.22. The van der Waals surface area contributed by atoms with E-state index in [1.807, 2.05) is 7.05 Å². The van der Waals surface area contributed by atoms with Gasteiger partial charge in [-0.15, -0.1) is 0 Å². The Morgan fingerprint density at radius 2 is 2.55 bits per heavy atom. The van der Waals surface area contributed by atoms with E-state index in [2.05, 4.69) is 29.2 Å². The molecule has 0 aromatic heterocycles. The van der Waals surface area contributed by atoms with E-state index >= 15 is 0 Å². The summed E-state index contributed by atoms with van der Waals surface area (Å²) >= 11 is 2.08. The smallest absolute Gasteiger partial charge is 0.000416 e. The van der Waals surface area contributed by atoms with Crippen LogP contribution in [0.5, 0.6) is 0 Å². The van der Waals surface area contributed by atoms with E-state index in [1.54, 1.807) is 0 Å². The van der Waals surface area contributed by atoms with Crippen LogP contribution < -0.4 is 5.32 Å². The average Bonchev–Trinajstić information content (AvgIpc) is 2.50. The monoisotopic (exact) mass is 171 g/mol. The Kier molecular flexibility index (Phi) is 4.71. The Bertz CT molecular complexity index is 117. The second-order valence-corrected chi connectivity index (χ2v) is 4.09. The van der Waals surface area contributed by atoms with Crippen LogP contribution in [0.4, 0.5) is 0 Å². The summed E-state index contributed by atoms with van der Waals surface area (Å²) in [7, 11) is 2.00. The predicted molar refractivity (Wildman–Crippen MR) is 53.1 cm³/mol. The first-order valence-corrected chi connectivity index (χ1v) is 5.48. The molecule has 1 unspecified atom stereocenters. The number of allylic oxidation sites excluding steroid dienone is 1. The predicted octanol–water partition coefficient (Wildman–Crippen LogP) is 1.91. The second kappa shape index (κ2) is 5.67. The molecule has 1 fully saturated rings. The second-order valence-electron chi connectivity index (χ2n) is 2.94. The van der Waals surface area contributed by atoms with Crippen molar-refractivity contribution in [3.05, 3.63) is 12.2 Å². The van der Waals surface area contributed by atoms with Gasteiger partial charge < -0.3 is 5.32 Å². The molecular weight excluding hydrogens is 154 g/mol. The molecule has 1 rings (SSSR count). The Labute approximate surface area is 73.6 Å². The first-order chi connectivity index (χ1) is 5.43. The molecule has 1 aliphatic rings. The maximum Gasteiger partial charge on any atom is -0.000416 e. The van der Waals surface area contributed by atoms with E-state index in [1.165, 1.54) is 24.3 Å². The van der Waals surface area contributed by atoms with Crippen LogP contribution in [0.1, 0.15) is 12.8 Å². The van der Waals surface area contributed by atoms with Crippen molar-refractivity contribution in [3.8, 4) is 0 Å². The summed E-state index contributed by atoms with van der Waals surface area (Å²) in [6.45, 7) is 1.11. The Hall–Kier alpha value is 0.0500. The molecule has 0 aliphatic carbocycles. The fourth-order valence-corrected chi connectivity index (χ4v) is 2.44. The van der Waals surface area contributed by atoms with Gasteiger partial charge in [-0.05, 0) is 43.9 Å². The average molecular weight is 171 g/mol. The molecule has 64 valence electrons. The van der Waals surface area contributed by atoms with E-state index in [-0.39, 0.29) is 0 Å². The van der Waals surface area contributed by atoms with Crippen molar-refractivity contribution >= 4 is 11.8 Å². The molecule has 1 saturated heterocycles. The molecule has 1 nitrogen and oxygen atoms in total. The van der Waals surface area contributed by atoms with Crippen LogP contribution in [-0.4, -0.2) is 25.1 Å². The van der Waals surface area contributed by atoms with Crippen molar-refractivity contribution in [2.75, 3.05) is 25.1 Å². The molecule has 0 aromatic rings. The quantitative estimate of drug-likeness (QED) is 0.512. The minimum absolute atomic E-state index is 0.872. The van der Waals surface area contributed by atoms with Gasteiger partial charge in [-0.25, -0.2) is 0 Å². The lowest BCUT2D eigenvalue weighted by Crippen LogP contribution is -2.06. The van der Waals surface area contributed by atoms with Crippen LogP contribution in [0.2, 0.25) is 0 Å². The van der Waals surface area contributed by atoms with Gasteiger partial charge in [0, 0.05) is 0 Å². The van der Waals surface area contributed by atoms with E-state index in [0.29, 0.717) is 0 Å². The van der Waals surface area contributed by atoms with Gasteiger partial charge in [0.2, 0.25) is 0 Å². The van der Waals surface area contributed by atoms with Crippen LogP contribution in [-0.2, 0) is 0 Å². The largest absolute Gasteiger partial charge is 0.319 e. The highest BCUT2D eigenvalue weighted by Crippen LogP contribution is 2.24. The van der Waals surface area contributed by atoms with E-state index in [4.69, 9.17) is 0 Å². The zero-order valence-electron chi connectivity index (χ0n) is 7.18. The van der Waals surface area contributed by atoms with Crippen LogP contribution in [0.3, 0.4) is 0 Å². The van der Waals surface area contributed by atoms with Crippen molar-refractivity contribution < 1.29 is 0 Å². The van der Waals surface area contributed by atoms with Crippen LogP contribution >= 0.6 is 11.8 Å². The third-order valence-electron chi connectivity index (χ3n) is 1.93. The van der Waals surface area contributed by atoms with Gasteiger partial charge in [-0.3, -0.25) is 0 Å². The van der Waals surface area contributed by atoms with Crippen LogP contribution in [0, 0.1) is 5.92 Å². The topological polar surface area (TPSA) is 12.0 Å². The third-order valence-corrected chi connectivity index (χ3v) is 3.12. The van der Waals surface area contributed by atoms with Crippen LogP contribution in [0.15, 0.2) is 12.2 Å². The number of hydrogen-bond donors (Lipinski definition) is 1. The Morgan fingerprint density at radius 3 is 3.18 bits per heavy atom. The van der Waals surface area contributed by atoms with E-state index in [0.717, 1.165) is 12.5 Å². The molecule has 0 radical (unpaired) electrons. The number of nitrogens with one attached hydrogen (secondary N) is 1. The maximum atomic E-state index is 3.14. The molecule has 1 aliphatic heterocycles. The zero-order chi connectivity index (χ0) is 7.94. The van der Waals surface area contributed by atoms with Gasteiger partial charge in [0.25, 0.3) is 0 Å². The van der Waals surface area contributed by atoms with Crippen molar-refractivity contribution in [3.63, 3.8) is 0 Å². The number of rotatable bonds is 4. The normalized spacial score (nSPS) is 25.0. The summed E-state index contributed by atoms with van der Waals surface area (Å²) in [5.74, 6) is 3.58. The molecule has 0 amide bonds. The summed E-state index contributed by atoms with van der Waals surface area (Å²) in [6.07, 6.45) is 7.27. The van der Waals surface area contributed by atoms with Gasteiger partial charge in [-0.1, -0.05) is 12.2 Å². The molecule has 2 heteroatoms. The fraction of sp³-hybridized carbons (Fsp3) is 0.778. The van der Waals surface area contributed by atoms with E-state index in [9.17, 15) is 0 Å². The minimum Gasteiger partial charge on any atom is -0.319 e. The first-order valence-electron chi connectivity index (χ1n) is 4.32. The summed E-state index contributed by atoms with van der Waals surface area (Å²) in [6, 6.07) is 0. The molecule has 0 spiro atoms. The lowest BCUT2D eigenvalue weighted by molar-refractivity contribution is 0.736. The van der Waals surface area contributed by atoms with Crippen LogP contribution in [0.25, 0.3) is 0 Å². The molecule has 0 bridgehead atoms. The van der Waals surface area contributed by atoms with Gasteiger partial charge in [0.1, 0.15) is 0 Å². The third kappa shape index (κ3) is 3.82. The van der Waals surface area contributed by atoms with Crippen molar-refractivity contribution in [2.24, 2.45) is 5.92 Å². The van der Waals surface area contributed by atoms with Gasteiger partial charge in [0.15, 0.2) is 0 Å². The van der Waals surface area contributed by atoms with Crippen molar-refractivity contribution in [1.29, 1.82) is 0 Å². The van der Waals surface area contributed by atoms with Gasteiger partial charge >= 0.3 is 0 Å². The van der Waals surface area contributed by atoms with Gasteiger partial charge in [0.05, 0.1) is 0 Å². The summed E-state index contributed by atoms with van der Waals surface area (Å²) in [5.41, 5.74) is 0. The molecule has 1 heterocycles. The number of thioether (sulfide) groups is 1. The van der Waals surface area contributed by atoms with Crippen molar-refractivity contribution in [2.45, 2.75) is 12.8 Å². The lowest BCUT2D eigenvalue weighted by Gasteiger charge is -1.98.